The number of rotatable bonds is 13. The van der Waals surface area contributed by atoms with Gasteiger partial charge in [0.1, 0.15) is 12.4 Å². The molecule has 4 aliphatic rings. The van der Waals surface area contributed by atoms with Gasteiger partial charge in [0, 0.05) is 63.4 Å². The Bertz CT molecular complexity index is 1450. The zero-order valence-electron chi connectivity index (χ0n) is 35.0. The fourth-order valence-corrected chi connectivity index (χ4v) is 11.5. The molecule has 0 N–H and O–H groups in total. The second-order valence-corrected chi connectivity index (χ2v) is 17.4. The summed E-state index contributed by atoms with van der Waals surface area (Å²) in [5.41, 5.74) is -3.98. The summed E-state index contributed by atoms with van der Waals surface area (Å²) < 4.78 is 134. The van der Waals surface area contributed by atoms with Crippen molar-refractivity contribution in [1.29, 1.82) is 0 Å². The summed E-state index contributed by atoms with van der Waals surface area (Å²) in [5, 5.41) is 0. The minimum atomic E-state index is -6.74. The van der Waals surface area contributed by atoms with Crippen molar-refractivity contribution in [3.05, 3.63) is 65.7 Å². The van der Waals surface area contributed by atoms with Gasteiger partial charge in [-0.15, -0.1) is 0 Å². The molecule has 0 spiro atoms. The van der Waals surface area contributed by atoms with E-state index in [1.807, 2.05) is 92.0 Å². The van der Waals surface area contributed by atoms with E-state index in [4.69, 9.17) is 9.47 Å². The number of halogens is 9. The molecule has 0 unspecified atom stereocenters. The molecule has 0 amide bonds. The first-order valence-electron chi connectivity index (χ1n) is 20.5. The Morgan fingerprint density at radius 3 is 2.07 bits per heavy atom. The van der Waals surface area contributed by atoms with Crippen LogP contribution in [-0.4, -0.2) is 91.9 Å². The Morgan fingerprint density at radius 2 is 1.52 bits per heavy atom. The van der Waals surface area contributed by atoms with Crippen molar-refractivity contribution in [3.8, 4) is 5.75 Å². The Labute approximate surface area is 383 Å². The summed E-state index contributed by atoms with van der Waals surface area (Å²) in [7, 11) is 3.67. The first-order chi connectivity index (χ1) is 28.0. The third kappa shape index (κ3) is 13.5. The molecule has 1 heterocycles. The van der Waals surface area contributed by atoms with Crippen molar-refractivity contribution in [3.63, 3.8) is 0 Å². The Balaban J connectivity index is 0.00000101. The van der Waals surface area contributed by atoms with Crippen molar-refractivity contribution in [2.45, 2.75) is 128 Å². The van der Waals surface area contributed by atoms with Crippen molar-refractivity contribution in [2.24, 2.45) is 17.3 Å². The van der Waals surface area contributed by atoms with Crippen molar-refractivity contribution < 1.29 is 91.2 Å². The fourth-order valence-electron chi connectivity index (χ4n) is 8.95. The number of ether oxygens (including phenoxy) is 3. The van der Waals surface area contributed by atoms with Crippen LogP contribution in [0.1, 0.15) is 96.6 Å². The minimum Gasteiger partial charge on any atom is -0.541 e. The van der Waals surface area contributed by atoms with Gasteiger partial charge >= 0.3 is 24.1 Å². The number of aryl methyl sites for hydroxylation is 1. The quantitative estimate of drug-likeness (QED) is 0.0858. The maximum atomic E-state index is 13.1. The normalized spacial score (nSPS) is 24.9. The van der Waals surface area contributed by atoms with Crippen molar-refractivity contribution >= 4 is 27.9 Å². The second kappa shape index (κ2) is 25.5. The summed E-state index contributed by atoms with van der Waals surface area (Å²) >= 11 is 0. The van der Waals surface area contributed by atoms with Crippen LogP contribution in [0.5, 0.6) is 5.75 Å². The van der Waals surface area contributed by atoms with Gasteiger partial charge in [0.05, 0.1) is 12.7 Å². The average molecular weight is 977 g/mol. The first-order valence-corrected chi connectivity index (χ1v) is 23.0. The van der Waals surface area contributed by atoms with E-state index in [-0.39, 0.29) is 57.4 Å². The monoisotopic (exact) mass is 976 g/mol. The van der Waals surface area contributed by atoms with Gasteiger partial charge in [-0.05, 0) is 97.8 Å². The van der Waals surface area contributed by atoms with Crippen molar-refractivity contribution in [2.75, 3.05) is 44.4 Å². The van der Waals surface area contributed by atoms with Crippen LogP contribution in [0.15, 0.2) is 48.5 Å². The van der Waals surface area contributed by atoms with Crippen LogP contribution in [0.4, 0.5) is 39.5 Å². The third-order valence-electron chi connectivity index (χ3n) is 11.7. The molecule has 0 aromatic heterocycles. The van der Waals surface area contributed by atoms with Gasteiger partial charge in [0.2, 0.25) is 0 Å². The molecule has 3 aliphatic carbocycles. The standard InChI is InChI=1S/C33H41F9NO4S2.C6H5.2C2H6.Y/c1-29-11-9-25-24-6-4-23(45-17-13-43(12-14-44)22-10-18-48-49-20-22)19-21(24)3-5-26(25)27(29)7-8-28(29)46-15-2-16-47-30(31(34,35)36,32(37,38)39)33(40,41)42;1-2-4-6-5-3-1;2*1-2;/h4,6,19,22,25-28H,2-3,5,7-13,15-18,20H2,1H3;1-5H;2*1-2H3;/q2*-1;;;/t22-,25+,26+,27-,28-,29-;;;;/m0..../s1. The number of nitrogens with zero attached hydrogens (tertiary/aromatic N) is 1. The molecule has 5 nitrogen and oxygen atoms in total. The number of hydrogen-bond donors (Lipinski definition) is 0. The third-order valence-corrected chi connectivity index (χ3v) is 14.1. The maximum absolute atomic E-state index is 13.1. The van der Waals surface area contributed by atoms with E-state index >= 15 is 0 Å². The van der Waals surface area contributed by atoms with Crippen LogP contribution in [0.25, 0.3) is 0 Å². The van der Waals surface area contributed by atoms with Gasteiger partial charge in [-0.3, -0.25) is 0 Å². The molecule has 1 aliphatic heterocycles. The van der Waals surface area contributed by atoms with Gasteiger partial charge in [0.25, 0.3) is 0 Å². The van der Waals surface area contributed by atoms with E-state index in [0.29, 0.717) is 43.4 Å². The van der Waals surface area contributed by atoms with Crippen LogP contribution >= 0.6 is 21.6 Å². The summed E-state index contributed by atoms with van der Waals surface area (Å²) in [6, 6.07) is 19.1. The molecule has 0 bridgehead atoms. The summed E-state index contributed by atoms with van der Waals surface area (Å²) in [4.78, 5) is 13.3. The van der Waals surface area contributed by atoms with E-state index in [1.165, 1.54) is 11.1 Å². The molecule has 60 heavy (non-hydrogen) atoms. The topological polar surface area (TPSA) is 48.0 Å². The van der Waals surface area contributed by atoms with Gasteiger partial charge in [-0.2, -0.15) is 75.9 Å². The van der Waals surface area contributed by atoms with Crippen LogP contribution in [0, 0.1) is 23.3 Å². The van der Waals surface area contributed by atoms with E-state index in [9.17, 15) is 44.3 Å². The Morgan fingerprint density at radius 1 is 0.850 bits per heavy atom. The molecule has 6 atom stereocenters. The maximum Gasteiger partial charge on any atom is 0.435 e. The smallest absolute Gasteiger partial charge is 0.435 e. The van der Waals surface area contributed by atoms with Gasteiger partial charge in [0.15, 0.2) is 0 Å². The predicted molar refractivity (Wildman–Crippen MR) is 216 cm³/mol. The molecule has 3 fully saturated rings. The zero-order chi connectivity index (χ0) is 43.9. The zero-order valence-corrected chi connectivity index (χ0v) is 39.5. The molecule has 1 radical (unpaired) electrons. The molecule has 6 rings (SSSR count). The fraction of sp³-hybridized carbons (Fsp3) is 0.698. The van der Waals surface area contributed by atoms with Gasteiger partial charge in [-0.1, -0.05) is 68.8 Å². The average Bonchev–Trinajstić information content (AvgIpc) is 3.55. The summed E-state index contributed by atoms with van der Waals surface area (Å²) in [6.45, 7) is 9.72. The minimum absolute atomic E-state index is 0. The predicted octanol–water partition coefficient (Wildman–Crippen LogP) is 12.2. The SMILES string of the molecule is CC.CC.C[C@]12CC[C@@H]3c4ccc(OCCN(C[C-]=O)[C@H]5CCSSC5)cc4CC[C@H]3[C@@H]1CC[C@@H]2OCCCOC(C(F)(F)F)(C(F)(F)F)C(F)(F)F.[Y].[c-]1ccccc1. The van der Waals surface area contributed by atoms with Crippen molar-refractivity contribution in [1.82, 2.24) is 4.90 Å². The van der Waals surface area contributed by atoms with E-state index in [0.717, 1.165) is 55.8 Å². The number of hydrogen-bond acceptors (Lipinski definition) is 7. The molecule has 17 heteroatoms. The van der Waals surface area contributed by atoms with E-state index < -0.39 is 37.2 Å². The van der Waals surface area contributed by atoms with Crippen LogP contribution < -0.4 is 4.74 Å². The molecule has 2 aromatic carbocycles. The van der Waals surface area contributed by atoms with Gasteiger partial charge in [-0.25, -0.2) is 6.29 Å². The molecule has 339 valence electrons. The number of fused-ring (bicyclic) bond motifs is 5. The van der Waals surface area contributed by atoms with E-state index in [2.05, 4.69) is 34.8 Å². The number of benzene rings is 2. The molecule has 1 saturated heterocycles. The Kier molecular flexibility index (Phi) is 23.4. The number of alkyl halides is 9. The van der Waals surface area contributed by atoms with Gasteiger partial charge < -0.3 is 23.9 Å². The number of carbonyl (C=O) groups excluding carboxylic acids is 1. The summed E-state index contributed by atoms with van der Waals surface area (Å²) in [6.07, 6.45) is -13.0. The largest absolute Gasteiger partial charge is 0.541 e. The summed E-state index contributed by atoms with van der Waals surface area (Å²) in [5.74, 6) is 3.82. The molecule has 2 saturated carbocycles. The Hall–Kier alpha value is -1.04. The molecular formula is C43H58F9NO4S2Y-2. The van der Waals surface area contributed by atoms with Crippen LogP contribution in [0.3, 0.4) is 0 Å². The van der Waals surface area contributed by atoms with Crippen LogP contribution in [-0.2, 0) is 53.4 Å². The van der Waals surface area contributed by atoms with Crippen LogP contribution in [0.2, 0.25) is 0 Å². The first kappa shape index (κ1) is 55.1. The molecular weight excluding hydrogens is 918 g/mol. The second-order valence-electron chi connectivity index (χ2n) is 14.7. The van der Waals surface area contributed by atoms with E-state index in [1.54, 1.807) is 0 Å². The molecule has 2 aromatic rings.